The van der Waals surface area contributed by atoms with Crippen molar-refractivity contribution < 1.29 is 13.2 Å². The maximum Gasteiger partial charge on any atom is 0.282 e. The molecule has 0 aliphatic carbocycles. The van der Waals surface area contributed by atoms with Crippen molar-refractivity contribution in [2.75, 3.05) is 32.8 Å². The van der Waals surface area contributed by atoms with Crippen LogP contribution in [0, 0.1) is 6.92 Å². The fourth-order valence-corrected chi connectivity index (χ4v) is 4.35. The summed E-state index contributed by atoms with van der Waals surface area (Å²) in [4.78, 5) is 7.35. The summed E-state index contributed by atoms with van der Waals surface area (Å²) in [7, 11) is -3.35. The third-order valence-electron chi connectivity index (χ3n) is 3.77. The van der Waals surface area contributed by atoms with Gasteiger partial charge in [0, 0.05) is 38.1 Å². The maximum absolute atomic E-state index is 12.5. The lowest BCUT2D eigenvalue weighted by Crippen LogP contribution is -2.48. The van der Waals surface area contributed by atoms with E-state index < -0.39 is 10.2 Å². The van der Waals surface area contributed by atoms with Gasteiger partial charge in [0.05, 0.1) is 6.61 Å². The number of hydrogen-bond acceptors (Lipinski definition) is 4. The van der Waals surface area contributed by atoms with Gasteiger partial charge in [-0.25, -0.2) is 4.98 Å². The van der Waals surface area contributed by atoms with Gasteiger partial charge >= 0.3 is 0 Å². The molecule has 0 unspecified atom stereocenters. The van der Waals surface area contributed by atoms with Gasteiger partial charge in [-0.1, -0.05) is 0 Å². The van der Waals surface area contributed by atoms with Crippen molar-refractivity contribution >= 4 is 10.2 Å². The van der Waals surface area contributed by atoms with Gasteiger partial charge < -0.3 is 9.72 Å². The summed E-state index contributed by atoms with van der Waals surface area (Å²) >= 11 is 0. The van der Waals surface area contributed by atoms with Gasteiger partial charge in [-0.15, -0.1) is 0 Å². The van der Waals surface area contributed by atoms with Crippen LogP contribution in [-0.2, 0) is 14.9 Å². The smallest absolute Gasteiger partial charge is 0.282 e. The molecule has 7 nitrogen and oxygen atoms in total. The molecule has 0 radical (unpaired) electrons. The van der Waals surface area contributed by atoms with Gasteiger partial charge in [0.25, 0.3) is 10.2 Å². The van der Waals surface area contributed by atoms with E-state index in [9.17, 15) is 8.42 Å². The van der Waals surface area contributed by atoms with Crippen molar-refractivity contribution in [3.05, 3.63) is 17.7 Å². The van der Waals surface area contributed by atoms with E-state index in [-0.39, 0.29) is 6.10 Å². The van der Waals surface area contributed by atoms with Crippen molar-refractivity contribution in [1.82, 2.24) is 18.6 Å². The normalized spacial score (nSPS) is 26.1. The minimum absolute atomic E-state index is 0.310. The number of aromatic amines is 1. The zero-order valence-corrected chi connectivity index (χ0v) is 12.4. The van der Waals surface area contributed by atoms with Gasteiger partial charge in [0.1, 0.15) is 11.9 Å². The first-order valence-electron chi connectivity index (χ1n) is 6.96. The second kappa shape index (κ2) is 5.44. The molecular weight excluding hydrogens is 280 g/mol. The zero-order valence-electron chi connectivity index (χ0n) is 11.6. The maximum atomic E-state index is 12.5. The Labute approximate surface area is 119 Å². The third-order valence-corrected chi connectivity index (χ3v) is 5.78. The van der Waals surface area contributed by atoms with Gasteiger partial charge in [0.15, 0.2) is 0 Å². The van der Waals surface area contributed by atoms with Crippen LogP contribution in [0.1, 0.15) is 30.5 Å². The summed E-state index contributed by atoms with van der Waals surface area (Å²) < 4.78 is 33.8. The Hall–Kier alpha value is -0.960. The Balaban J connectivity index is 1.74. The van der Waals surface area contributed by atoms with Crippen LogP contribution in [-0.4, -0.2) is 59.8 Å². The fraction of sp³-hybridized carbons (Fsp3) is 0.750. The molecule has 3 heterocycles. The van der Waals surface area contributed by atoms with Crippen molar-refractivity contribution in [2.45, 2.75) is 25.9 Å². The zero-order chi connectivity index (χ0) is 14.2. The van der Waals surface area contributed by atoms with E-state index in [0.717, 1.165) is 18.5 Å². The summed E-state index contributed by atoms with van der Waals surface area (Å²) in [6.07, 6.45) is 3.32. The number of nitrogens with zero attached hydrogens (tertiary/aromatic N) is 3. The van der Waals surface area contributed by atoms with Crippen molar-refractivity contribution in [1.29, 1.82) is 0 Å². The molecule has 8 heteroatoms. The molecular formula is C12H20N4O3S. The number of aryl methyl sites for hydroxylation is 1. The molecule has 3 rings (SSSR count). The van der Waals surface area contributed by atoms with Crippen LogP contribution < -0.4 is 0 Å². The summed E-state index contributed by atoms with van der Waals surface area (Å²) in [5.74, 6) is 0.698. The Bertz CT molecular complexity index is 565. The van der Waals surface area contributed by atoms with Crippen LogP contribution in [0.4, 0.5) is 0 Å². The van der Waals surface area contributed by atoms with Crippen LogP contribution in [0.3, 0.4) is 0 Å². The number of rotatable bonds is 3. The number of morpholine rings is 1. The predicted molar refractivity (Wildman–Crippen MR) is 73.3 cm³/mol. The monoisotopic (exact) mass is 300 g/mol. The molecule has 0 bridgehead atoms. The van der Waals surface area contributed by atoms with Crippen LogP contribution in [0.5, 0.6) is 0 Å². The highest BCUT2D eigenvalue weighted by atomic mass is 32.2. The number of hydrogen-bond donors (Lipinski definition) is 1. The Morgan fingerprint density at radius 2 is 2.05 bits per heavy atom. The molecule has 0 saturated carbocycles. The number of H-pyrrole nitrogens is 1. The fourth-order valence-electron chi connectivity index (χ4n) is 2.68. The largest absolute Gasteiger partial charge is 0.368 e. The highest BCUT2D eigenvalue weighted by Gasteiger charge is 2.36. The molecule has 1 N–H and O–H groups in total. The summed E-state index contributed by atoms with van der Waals surface area (Å²) in [6.45, 7) is 4.31. The quantitative estimate of drug-likeness (QED) is 0.878. The molecule has 2 aliphatic rings. The number of aromatic nitrogens is 2. The van der Waals surface area contributed by atoms with Crippen molar-refractivity contribution in [3.63, 3.8) is 0 Å². The lowest BCUT2D eigenvalue weighted by molar-refractivity contribution is -0.00860. The molecule has 2 fully saturated rings. The Morgan fingerprint density at radius 3 is 2.70 bits per heavy atom. The lowest BCUT2D eigenvalue weighted by Gasteiger charge is -2.33. The number of ether oxygens (including phenoxy) is 1. The highest BCUT2D eigenvalue weighted by molar-refractivity contribution is 7.86. The number of imidazole rings is 1. The molecule has 0 amide bonds. The molecule has 0 aromatic carbocycles. The second-order valence-electron chi connectivity index (χ2n) is 5.28. The van der Waals surface area contributed by atoms with Gasteiger partial charge in [-0.3, -0.25) is 0 Å². The van der Waals surface area contributed by atoms with E-state index in [4.69, 9.17) is 4.74 Å². The topological polar surface area (TPSA) is 78.5 Å². The van der Waals surface area contributed by atoms with E-state index in [1.165, 1.54) is 4.31 Å². The average Bonchev–Trinajstić information content (AvgIpc) is 3.10. The van der Waals surface area contributed by atoms with E-state index in [1.54, 1.807) is 10.5 Å². The molecule has 112 valence electrons. The van der Waals surface area contributed by atoms with Crippen molar-refractivity contribution in [2.24, 2.45) is 0 Å². The van der Waals surface area contributed by atoms with Gasteiger partial charge in [-0.05, 0) is 19.8 Å². The first-order chi connectivity index (χ1) is 9.57. The summed E-state index contributed by atoms with van der Waals surface area (Å²) in [5, 5.41) is 0. The van der Waals surface area contributed by atoms with Gasteiger partial charge in [0.2, 0.25) is 0 Å². The Morgan fingerprint density at radius 1 is 1.30 bits per heavy atom. The average molecular weight is 300 g/mol. The standard InChI is InChI=1S/C12H20N4O3S/c1-10-8-13-12(14-10)11-9-16(6-7-19-11)20(17,18)15-4-2-3-5-15/h8,11H,2-7,9H2,1H3,(H,13,14)/t11-/m0/s1. The third kappa shape index (κ3) is 2.60. The van der Waals surface area contributed by atoms with E-state index in [0.29, 0.717) is 38.6 Å². The molecule has 1 atom stereocenters. The van der Waals surface area contributed by atoms with Crippen LogP contribution >= 0.6 is 0 Å². The van der Waals surface area contributed by atoms with Gasteiger partial charge in [-0.2, -0.15) is 17.0 Å². The summed E-state index contributed by atoms with van der Waals surface area (Å²) in [5.41, 5.74) is 0.947. The number of nitrogens with one attached hydrogen (secondary N) is 1. The van der Waals surface area contributed by atoms with Crippen molar-refractivity contribution in [3.8, 4) is 0 Å². The van der Waals surface area contributed by atoms with Crippen LogP contribution in [0.2, 0.25) is 0 Å². The lowest BCUT2D eigenvalue weighted by atomic mass is 10.3. The first kappa shape index (κ1) is 14.0. The molecule has 2 aliphatic heterocycles. The first-order valence-corrected chi connectivity index (χ1v) is 8.35. The van der Waals surface area contributed by atoms with Crippen LogP contribution in [0.15, 0.2) is 6.20 Å². The molecule has 1 aromatic rings. The SMILES string of the molecule is Cc1cnc([C@@H]2CN(S(=O)(=O)N3CCCC3)CCO2)[nH]1. The molecule has 2 saturated heterocycles. The predicted octanol–water partition coefficient (Wildman–Crippen LogP) is 0.432. The highest BCUT2D eigenvalue weighted by Crippen LogP contribution is 2.24. The van der Waals surface area contributed by atoms with E-state index in [1.807, 2.05) is 6.92 Å². The minimum atomic E-state index is -3.35. The van der Waals surface area contributed by atoms with E-state index in [2.05, 4.69) is 9.97 Å². The Kier molecular flexibility index (Phi) is 3.80. The molecule has 20 heavy (non-hydrogen) atoms. The minimum Gasteiger partial charge on any atom is -0.368 e. The molecule has 0 spiro atoms. The van der Waals surface area contributed by atoms with Crippen LogP contribution in [0.25, 0.3) is 0 Å². The second-order valence-corrected chi connectivity index (χ2v) is 7.21. The molecule has 1 aromatic heterocycles. The summed E-state index contributed by atoms with van der Waals surface area (Å²) in [6, 6.07) is 0. The van der Waals surface area contributed by atoms with E-state index >= 15 is 0 Å².